The Hall–Kier alpha value is -5.47. The molecule has 0 radical (unpaired) electrons. The summed E-state index contributed by atoms with van der Waals surface area (Å²) in [5.74, 6) is -1.50. The maximum Gasteiger partial charge on any atom is 0.530 e. The number of anilines is 2. The third-order valence-corrected chi connectivity index (χ3v) is 11.3. The molecule has 0 spiro atoms. The minimum atomic E-state index is -4.96. The second-order valence-electron chi connectivity index (χ2n) is 11.2. The molecule has 14 heteroatoms. The Labute approximate surface area is 281 Å². The van der Waals surface area contributed by atoms with Gasteiger partial charge in [-0.05, 0) is 61.0 Å². The van der Waals surface area contributed by atoms with Gasteiger partial charge in [0, 0.05) is 22.5 Å². The topological polar surface area (TPSA) is 173 Å². The van der Waals surface area contributed by atoms with Gasteiger partial charge in [-0.3, -0.25) is 4.79 Å². The molecule has 0 saturated carbocycles. The number of nitrogens with zero attached hydrogens (tertiary/aromatic N) is 5. The number of benzene rings is 3. The lowest BCUT2D eigenvalue weighted by atomic mass is 9.80. The van der Waals surface area contributed by atoms with E-state index in [2.05, 4.69) is 16.4 Å². The van der Waals surface area contributed by atoms with Gasteiger partial charge in [0.05, 0.1) is 18.2 Å². The summed E-state index contributed by atoms with van der Waals surface area (Å²) < 4.78 is 34.4. The molecule has 1 saturated heterocycles. The number of piperazine rings is 1. The standard InChI is InChI=1S/C34H27ClN6O6S/c1-2-47-28-10-6-4-8-26(28)31-32(30-25-7-3-5-9-27(25)39-33(30)42)41(34(43)44,48(45,46)24-14-12-22(35)13-15-24)20-23(18-37)40(31)29-16-11-21(17-36)19-38-29/h3-16,19,23,30-32H,2,20H2,1H3,(H-,39,42,43,44)/p+1. The zero-order chi connectivity index (χ0) is 34.2. The van der Waals surface area contributed by atoms with Gasteiger partial charge in [0.25, 0.3) is 0 Å². The van der Waals surface area contributed by atoms with Crippen molar-refractivity contribution in [3.63, 3.8) is 0 Å². The van der Waals surface area contributed by atoms with Crippen molar-refractivity contribution < 1.29 is 31.7 Å². The summed E-state index contributed by atoms with van der Waals surface area (Å²) in [6.07, 6.45) is -0.473. The molecule has 2 aliphatic rings. The number of quaternary nitrogens is 1. The van der Waals surface area contributed by atoms with Gasteiger partial charge in [-0.2, -0.15) is 23.7 Å². The van der Waals surface area contributed by atoms with E-state index < -0.39 is 56.5 Å². The fourth-order valence-corrected chi connectivity index (χ4v) is 8.85. The van der Waals surface area contributed by atoms with Gasteiger partial charge in [0.2, 0.25) is 5.91 Å². The number of hydrogen-bond donors (Lipinski definition) is 2. The van der Waals surface area contributed by atoms with Crippen LogP contribution in [-0.4, -0.2) is 59.6 Å². The quantitative estimate of drug-likeness (QED) is 0.239. The summed E-state index contributed by atoms with van der Waals surface area (Å²) in [4.78, 5) is 33.7. The van der Waals surface area contributed by atoms with Crippen LogP contribution in [0.2, 0.25) is 5.02 Å². The van der Waals surface area contributed by atoms with E-state index in [0.717, 1.165) is 0 Å². The lowest BCUT2D eigenvalue weighted by Gasteiger charge is -2.53. The number of aromatic nitrogens is 1. The Bertz CT molecular complexity index is 2100. The summed E-state index contributed by atoms with van der Waals surface area (Å²) in [6.45, 7) is 1.18. The Morgan fingerprint density at radius 2 is 1.75 bits per heavy atom. The maximum absolute atomic E-state index is 15.0. The van der Waals surface area contributed by atoms with Gasteiger partial charge in [-0.15, -0.1) is 3.89 Å². The van der Waals surface area contributed by atoms with Gasteiger partial charge < -0.3 is 20.1 Å². The fourth-order valence-electron chi connectivity index (χ4n) is 6.77. The second kappa shape index (κ2) is 12.6. The molecule has 1 aromatic heterocycles. The number of rotatable bonds is 7. The Morgan fingerprint density at radius 1 is 1.06 bits per heavy atom. The van der Waals surface area contributed by atoms with Crippen molar-refractivity contribution in [2.75, 3.05) is 23.4 Å². The summed E-state index contributed by atoms with van der Waals surface area (Å²) in [5, 5.41) is 34.5. The molecule has 48 heavy (non-hydrogen) atoms. The van der Waals surface area contributed by atoms with Crippen molar-refractivity contribution in [3.8, 4) is 17.9 Å². The third kappa shape index (κ3) is 5.09. The Morgan fingerprint density at radius 3 is 2.38 bits per heavy atom. The summed E-state index contributed by atoms with van der Waals surface area (Å²) in [5.41, 5.74) is 1.37. The van der Waals surface area contributed by atoms with Crippen molar-refractivity contribution in [2.45, 2.75) is 35.9 Å². The number of halogens is 1. The van der Waals surface area contributed by atoms with Gasteiger partial charge in [-0.25, -0.2) is 4.98 Å². The van der Waals surface area contributed by atoms with Crippen LogP contribution in [0.5, 0.6) is 5.75 Å². The van der Waals surface area contributed by atoms with Crippen LogP contribution in [0.3, 0.4) is 0 Å². The highest BCUT2D eigenvalue weighted by atomic mass is 35.5. The molecule has 6 rings (SSSR count). The van der Waals surface area contributed by atoms with E-state index in [-0.39, 0.29) is 27.9 Å². The van der Waals surface area contributed by atoms with E-state index in [1.165, 1.54) is 47.5 Å². The molecule has 0 aliphatic carbocycles. The third-order valence-electron chi connectivity index (χ3n) is 8.75. The van der Waals surface area contributed by atoms with E-state index in [1.54, 1.807) is 55.5 Å². The molecule has 3 aromatic carbocycles. The minimum absolute atomic E-state index is 0.167. The molecule has 12 nitrogen and oxygen atoms in total. The van der Waals surface area contributed by atoms with Crippen LogP contribution in [0, 0.1) is 22.7 Å². The highest BCUT2D eigenvalue weighted by Crippen LogP contribution is 2.53. The highest BCUT2D eigenvalue weighted by molar-refractivity contribution is 7.86. The van der Waals surface area contributed by atoms with Crippen LogP contribution in [-0.2, 0) is 14.8 Å². The predicted molar refractivity (Wildman–Crippen MR) is 175 cm³/mol. The lowest BCUT2D eigenvalue weighted by Crippen LogP contribution is -2.75. The number of nitriles is 2. The van der Waals surface area contributed by atoms with Gasteiger partial charge in [0.15, 0.2) is 12.1 Å². The van der Waals surface area contributed by atoms with Crippen LogP contribution in [0.1, 0.15) is 35.6 Å². The van der Waals surface area contributed by atoms with Crippen LogP contribution in [0.25, 0.3) is 0 Å². The summed E-state index contributed by atoms with van der Waals surface area (Å²) in [6, 6.07) is 21.2. The first-order valence-corrected chi connectivity index (χ1v) is 16.7. The Balaban J connectivity index is 1.75. The molecule has 4 aromatic rings. The van der Waals surface area contributed by atoms with E-state index in [0.29, 0.717) is 22.6 Å². The average molecular weight is 684 g/mol. The van der Waals surface area contributed by atoms with Gasteiger partial charge in [-0.1, -0.05) is 48.0 Å². The zero-order valence-electron chi connectivity index (χ0n) is 25.4. The number of amides is 2. The summed E-state index contributed by atoms with van der Waals surface area (Å²) in [7, 11) is -4.96. The second-order valence-corrected chi connectivity index (χ2v) is 13.7. The lowest BCUT2D eigenvalue weighted by molar-refractivity contribution is -0.770. The first kappa shape index (κ1) is 32.5. The molecule has 0 bridgehead atoms. The van der Waals surface area contributed by atoms with Crippen molar-refractivity contribution in [1.29, 1.82) is 10.5 Å². The molecule has 3 heterocycles. The van der Waals surface area contributed by atoms with Crippen molar-refractivity contribution in [3.05, 3.63) is 113 Å². The predicted octanol–water partition coefficient (Wildman–Crippen LogP) is 5.45. The SMILES string of the molecule is CCOc1ccccc1C1C(C2C(=O)Nc3ccccc32)[N+](C(=O)O)(S(=O)(=O)c2ccc(Cl)cc2)CC(C#N)N1c1ccc(C#N)cn1. The number of carbonyl (C=O) groups is 2. The minimum Gasteiger partial charge on any atom is -0.494 e. The molecule has 1 fully saturated rings. The average Bonchev–Trinajstić information content (AvgIpc) is 3.42. The van der Waals surface area contributed by atoms with Crippen molar-refractivity contribution in [2.24, 2.45) is 0 Å². The molecule has 242 valence electrons. The number of carbonyl (C=O) groups excluding carboxylic acids is 1. The highest BCUT2D eigenvalue weighted by Gasteiger charge is 2.69. The van der Waals surface area contributed by atoms with Gasteiger partial charge in [0.1, 0.15) is 41.0 Å². The largest absolute Gasteiger partial charge is 0.530 e. The number of pyridine rings is 1. The number of para-hydroxylation sites is 2. The number of ether oxygens (including phenoxy) is 1. The number of sulfonamides is 1. The monoisotopic (exact) mass is 683 g/mol. The smallest absolute Gasteiger partial charge is 0.494 e. The van der Waals surface area contributed by atoms with Gasteiger partial charge >= 0.3 is 16.1 Å². The van der Waals surface area contributed by atoms with Crippen LogP contribution in [0.4, 0.5) is 16.3 Å². The van der Waals surface area contributed by atoms with E-state index in [1.807, 2.05) is 6.07 Å². The van der Waals surface area contributed by atoms with Crippen LogP contribution in [0.15, 0.2) is 96.0 Å². The fraction of sp³-hybridized carbons (Fsp3) is 0.206. The number of carboxylic acid groups (broad SMARTS) is 1. The van der Waals surface area contributed by atoms with Crippen molar-refractivity contribution >= 4 is 45.1 Å². The molecule has 5 unspecified atom stereocenters. The Kier molecular flexibility index (Phi) is 8.54. The molecule has 2 amide bonds. The molecule has 5 atom stereocenters. The van der Waals surface area contributed by atoms with E-state index in [9.17, 15) is 25.2 Å². The molecular formula is C34H28ClN6O6S+. The van der Waals surface area contributed by atoms with E-state index in [4.69, 9.17) is 16.3 Å². The number of fused-ring (bicyclic) bond motifs is 1. The molecular weight excluding hydrogens is 656 g/mol. The van der Waals surface area contributed by atoms with Crippen LogP contribution >= 0.6 is 11.6 Å². The molecule has 2 N–H and O–H groups in total. The first-order chi connectivity index (χ1) is 23.1. The number of hydrogen-bond acceptors (Lipinski definition) is 9. The van der Waals surface area contributed by atoms with Crippen molar-refractivity contribution in [1.82, 2.24) is 4.98 Å². The molecule has 2 aliphatic heterocycles. The number of nitrogens with one attached hydrogen (secondary N) is 1. The summed E-state index contributed by atoms with van der Waals surface area (Å²) >= 11 is 6.10. The van der Waals surface area contributed by atoms with Crippen LogP contribution < -0.4 is 15.0 Å². The zero-order valence-corrected chi connectivity index (χ0v) is 27.0. The first-order valence-electron chi connectivity index (χ1n) is 14.9. The normalized spacial score (nSPS) is 23.3. The van der Waals surface area contributed by atoms with E-state index >= 15 is 8.42 Å². The maximum atomic E-state index is 15.0.